The first-order valence-corrected chi connectivity index (χ1v) is 11.1. The van der Waals surface area contributed by atoms with Gasteiger partial charge in [0.05, 0.1) is 11.9 Å². The summed E-state index contributed by atoms with van der Waals surface area (Å²) in [4.78, 5) is 12.2. The standard InChI is InChI=1S/C28H29N5/c1-21-6-4-5-7-23(21)12-13-26-20-30-28(31-26)15-14-27(29)25-10-8-24(9-11-25)22(2)33-18-16-32(3)17-19-33/h4-11,14-15,20,29H,2,16-19H2,1,3H3,(H,30,31)/b15-14-,29-27?. The third kappa shape index (κ3) is 5.68. The number of aryl methyl sites for hydroxylation is 1. The molecule has 0 unspecified atom stereocenters. The molecule has 1 aromatic heterocycles. The number of benzene rings is 2. The molecule has 3 aromatic rings. The summed E-state index contributed by atoms with van der Waals surface area (Å²) < 4.78 is 0. The molecule has 5 heteroatoms. The highest BCUT2D eigenvalue weighted by atomic mass is 15.2. The number of piperazine rings is 1. The van der Waals surface area contributed by atoms with E-state index in [-0.39, 0.29) is 0 Å². The number of likely N-dealkylation sites (N-methyl/N-ethyl adjacent to an activating group) is 1. The van der Waals surface area contributed by atoms with Crippen LogP contribution in [-0.2, 0) is 0 Å². The molecule has 0 saturated carbocycles. The molecule has 0 atom stereocenters. The summed E-state index contributed by atoms with van der Waals surface area (Å²) in [5, 5.41) is 8.40. The van der Waals surface area contributed by atoms with Gasteiger partial charge in [0.15, 0.2) is 0 Å². The first kappa shape index (κ1) is 22.3. The maximum atomic E-state index is 8.40. The molecular formula is C28H29N5. The number of aromatic amines is 1. The van der Waals surface area contributed by atoms with Crippen LogP contribution >= 0.6 is 0 Å². The SMILES string of the molecule is C=C(c1ccc(C(=N)/C=C\c2ncc(C#Cc3ccccc3C)[nH]2)cc1)N1CCN(C)CC1. The monoisotopic (exact) mass is 435 g/mol. The number of imidazole rings is 1. The van der Waals surface area contributed by atoms with Gasteiger partial charge < -0.3 is 20.2 Å². The Hall–Kier alpha value is -3.88. The number of nitrogens with one attached hydrogen (secondary N) is 2. The molecular weight excluding hydrogens is 406 g/mol. The van der Waals surface area contributed by atoms with E-state index in [1.807, 2.05) is 55.5 Å². The highest BCUT2D eigenvalue weighted by Gasteiger charge is 2.16. The zero-order valence-corrected chi connectivity index (χ0v) is 19.2. The minimum absolute atomic E-state index is 0.427. The van der Waals surface area contributed by atoms with Gasteiger partial charge in [-0.3, -0.25) is 0 Å². The maximum Gasteiger partial charge on any atom is 0.130 e. The molecule has 166 valence electrons. The second-order valence-electron chi connectivity index (χ2n) is 8.31. The Morgan fingerprint density at radius 1 is 1.03 bits per heavy atom. The molecule has 2 aromatic carbocycles. The third-order valence-electron chi connectivity index (χ3n) is 5.89. The number of H-pyrrole nitrogens is 1. The molecule has 0 spiro atoms. The zero-order chi connectivity index (χ0) is 23.2. The number of hydrogen-bond donors (Lipinski definition) is 2. The lowest BCUT2D eigenvalue weighted by Gasteiger charge is -2.35. The fraction of sp³-hybridized carbons (Fsp3) is 0.214. The van der Waals surface area contributed by atoms with Crippen molar-refractivity contribution in [2.75, 3.05) is 33.2 Å². The molecule has 1 saturated heterocycles. The quantitative estimate of drug-likeness (QED) is 0.461. The van der Waals surface area contributed by atoms with Crippen molar-refractivity contribution in [1.29, 1.82) is 5.41 Å². The van der Waals surface area contributed by atoms with Crippen LogP contribution in [0.3, 0.4) is 0 Å². The number of aromatic nitrogens is 2. The van der Waals surface area contributed by atoms with Crippen LogP contribution in [0, 0.1) is 24.2 Å². The predicted molar refractivity (Wildman–Crippen MR) is 136 cm³/mol. The smallest absolute Gasteiger partial charge is 0.130 e. The summed E-state index contributed by atoms with van der Waals surface area (Å²) in [5.74, 6) is 6.96. The van der Waals surface area contributed by atoms with Crippen molar-refractivity contribution >= 4 is 17.5 Å². The van der Waals surface area contributed by atoms with Crippen molar-refractivity contribution < 1.29 is 0 Å². The van der Waals surface area contributed by atoms with E-state index >= 15 is 0 Å². The van der Waals surface area contributed by atoms with Gasteiger partial charge in [-0.15, -0.1) is 0 Å². The molecule has 0 radical (unpaired) electrons. The van der Waals surface area contributed by atoms with Crippen LogP contribution in [0.4, 0.5) is 0 Å². The van der Waals surface area contributed by atoms with Crippen molar-refractivity contribution in [1.82, 2.24) is 19.8 Å². The predicted octanol–water partition coefficient (Wildman–Crippen LogP) is 4.42. The van der Waals surface area contributed by atoms with Crippen molar-refractivity contribution in [3.05, 3.63) is 101 Å². The Kier molecular flexibility index (Phi) is 6.87. The molecule has 2 N–H and O–H groups in total. The molecule has 0 bridgehead atoms. The van der Waals surface area contributed by atoms with Gasteiger partial charge in [0, 0.05) is 37.4 Å². The number of rotatable bonds is 5. The summed E-state index contributed by atoms with van der Waals surface area (Å²) in [6, 6.07) is 16.1. The lowest BCUT2D eigenvalue weighted by Crippen LogP contribution is -2.43. The van der Waals surface area contributed by atoms with E-state index < -0.39 is 0 Å². The van der Waals surface area contributed by atoms with E-state index in [9.17, 15) is 0 Å². The first-order chi connectivity index (χ1) is 16.0. The highest BCUT2D eigenvalue weighted by Crippen LogP contribution is 2.20. The van der Waals surface area contributed by atoms with Gasteiger partial charge in [-0.05, 0) is 54.8 Å². The van der Waals surface area contributed by atoms with Gasteiger partial charge in [-0.2, -0.15) is 0 Å². The van der Waals surface area contributed by atoms with Crippen LogP contribution < -0.4 is 0 Å². The van der Waals surface area contributed by atoms with E-state index in [2.05, 4.69) is 45.2 Å². The molecule has 1 fully saturated rings. The Morgan fingerprint density at radius 2 is 1.73 bits per heavy atom. The molecule has 5 nitrogen and oxygen atoms in total. The molecule has 2 heterocycles. The normalized spacial score (nSPS) is 14.2. The Bertz CT molecular complexity index is 1230. The van der Waals surface area contributed by atoms with Gasteiger partial charge in [-0.1, -0.05) is 55.0 Å². The number of nitrogens with zero attached hydrogens (tertiary/aromatic N) is 3. The summed E-state index contributed by atoms with van der Waals surface area (Å²) in [7, 11) is 2.15. The van der Waals surface area contributed by atoms with Crippen LogP contribution in [0.1, 0.15) is 33.8 Å². The van der Waals surface area contributed by atoms with E-state index in [0.29, 0.717) is 11.5 Å². The van der Waals surface area contributed by atoms with Gasteiger partial charge >= 0.3 is 0 Å². The average Bonchev–Trinajstić information content (AvgIpc) is 3.30. The lowest BCUT2D eigenvalue weighted by molar-refractivity contribution is 0.207. The molecule has 0 amide bonds. The first-order valence-electron chi connectivity index (χ1n) is 11.1. The van der Waals surface area contributed by atoms with E-state index in [1.165, 1.54) is 0 Å². The van der Waals surface area contributed by atoms with Crippen LogP contribution in [0.25, 0.3) is 11.8 Å². The minimum Gasteiger partial charge on any atom is -0.369 e. The molecule has 0 aliphatic carbocycles. The fourth-order valence-corrected chi connectivity index (χ4v) is 3.69. The van der Waals surface area contributed by atoms with E-state index in [4.69, 9.17) is 5.41 Å². The lowest BCUT2D eigenvalue weighted by atomic mass is 10.0. The Labute approximate surface area is 196 Å². The van der Waals surface area contributed by atoms with E-state index in [1.54, 1.807) is 18.3 Å². The highest BCUT2D eigenvalue weighted by molar-refractivity contribution is 6.08. The minimum atomic E-state index is 0.427. The van der Waals surface area contributed by atoms with Crippen molar-refractivity contribution in [2.24, 2.45) is 0 Å². The second kappa shape index (κ2) is 10.2. The Morgan fingerprint density at radius 3 is 2.45 bits per heavy atom. The van der Waals surface area contributed by atoms with Gasteiger partial charge in [0.1, 0.15) is 11.5 Å². The molecule has 1 aliphatic heterocycles. The average molecular weight is 436 g/mol. The molecule has 1 aliphatic rings. The van der Waals surface area contributed by atoms with E-state index in [0.717, 1.165) is 59.8 Å². The van der Waals surface area contributed by atoms with Crippen LogP contribution in [0.15, 0.2) is 67.4 Å². The van der Waals surface area contributed by atoms with Crippen LogP contribution in [-0.4, -0.2) is 58.7 Å². The maximum absolute atomic E-state index is 8.40. The molecule has 4 rings (SSSR count). The van der Waals surface area contributed by atoms with Crippen molar-refractivity contribution in [3.8, 4) is 11.8 Å². The molecule has 33 heavy (non-hydrogen) atoms. The van der Waals surface area contributed by atoms with Gasteiger partial charge in [-0.25, -0.2) is 4.98 Å². The summed E-state index contributed by atoms with van der Waals surface area (Å²) in [6.45, 7) is 10.4. The summed E-state index contributed by atoms with van der Waals surface area (Å²) in [5.41, 5.74) is 6.33. The number of allylic oxidation sites excluding steroid dienone is 1. The van der Waals surface area contributed by atoms with Gasteiger partial charge in [0.2, 0.25) is 0 Å². The topological polar surface area (TPSA) is 59.0 Å². The zero-order valence-electron chi connectivity index (χ0n) is 19.2. The van der Waals surface area contributed by atoms with Crippen molar-refractivity contribution in [3.63, 3.8) is 0 Å². The summed E-state index contributed by atoms with van der Waals surface area (Å²) >= 11 is 0. The Balaban J connectivity index is 1.37. The largest absolute Gasteiger partial charge is 0.369 e. The summed E-state index contributed by atoms with van der Waals surface area (Å²) in [6.07, 6.45) is 5.27. The fourth-order valence-electron chi connectivity index (χ4n) is 3.69. The number of hydrogen-bond acceptors (Lipinski definition) is 4. The van der Waals surface area contributed by atoms with Crippen LogP contribution in [0.5, 0.6) is 0 Å². The third-order valence-corrected chi connectivity index (χ3v) is 5.89. The van der Waals surface area contributed by atoms with Gasteiger partial charge in [0.25, 0.3) is 0 Å². The van der Waals surface area contributed by atoms with Crippen LogP contribution in [0.2, 0.25) is 0 Å². The van der Waals surface area contributed by atoms with Crippen molar-refractivity contribution in [2.45, 2.75) is 6.92 Å². The second-order valence-corrected chi connectivity index (χ2v) is 8.31.